The van der Waals surface area contributed by atoms with Gasteiger partial charge in [0.15, 0.2) is 0 Å². The maximum Gasteiger partial charge on any atom is 0.305 e. The molecule has 0 radical (unpaired) electrons. The van der Waals surface area contributed by atoms with Crippen molar-refractivity contribution in [2.75, 3.05) is 13.2 Å². The number of esters is 1. The summed E-state index contributed by atoms with van der Waals surface area (Å²) in [6.45, 7) is 4.99. The van der Waals surface area contributed by atoms with E-state index in [1.165, 1.54) is 411 Å². The molecule has 536 valence electrons. The van der Waals surface area contributed by atoms with E-state index in [0.29, 0.717) is 25.9 Å². The molecule has 0 aromatic heterocycles. The van der Waals surface area contributed by atoms with E-state index in [4.69, 9.17) is 4.74 Å². The summed E-state index contributed by atoms with van der Waals surface area (Å²) < 4.78 is 5.49. The predicted molar refractivity (Wildman–Crippen MR) is 398 cm³/mol. The lowest BCUT2D eigenvalue weighted by molar-refractivity contribution is -0.143. The number of carbonyl (C=O) groups excluding carboxylic acids is 2. The lowest BCUT2D eigenvalue weighted by Crippen LogP contribution is -2.45. The number of aliphatic hydroxyl groups is 2. The third-order valence-corrected chi connectivity index (χ3v) is 20.1. The molecule has 0 aromatic carbocycles. The van der Waals surface area contributed by atoms with Crippen molar-refractivity contribution in [3.8, 4) is 0 Å². The van der Waals surface area contributed by atoms with Crippen LogP contribution in [0.4, 0.5) is 0 Å². The normalized spacial score (nSPS) is 12.4. The highest BCUT2D eigenvalue weighted by Gasteiger charge is 2.20. The molecule has 1 amide bonds. The molecule has 0 heterocycles. The number of nitrogens with one attached hydrogen (secondary N) is 1. The van der Waals surface area contributed by atoms with Crippen LogP contribution in [-0.4, -0.2) is 47.4 Å². The number of carbonyl (C=O) groups is 2. The van der Waals surface area contributed by atoms with Crippen LogP contribution in [0.5, 0.6) is 0 Å². The Hall–Kier alpha value is -1.40. The molecule has 0 saturated heterocycles. The fourth-order valence-electron chi connectivity index (χ4n) is 13.7. The Morgan fingerprint density at radius 3 is 0.800 bits per heavy atom. The average Bonchev–Trinajstić information content (AvgIpc) is 3.70. The van der Waals surface area contributed by atoms with Gasteiger partial charge in [0.05, 0.1) is 25.4 Å². The summed E-state index contributed by atoms with van der Waals surface area (Å²) in [6, 6.07) is -0.537. The van der Waals surface area contributed by atoms with E-state index in [2.05, 4.69) is 31.3 Å². The van der Waals surface area contributed by atoms with E-state index in [9.17, 15) is 19.8 Å². The third kappa shape index (κ3) is 75.6. The number of hydrogen-bond donors (Lipinski definition) is 3. The first-order valence-corrected chi connectivity index (χ1v) is 41.9. The number of rotatable bonds is 80. The molecular weight excluding hydrogens is 1100 g/mol. The fraction of sp³-hybridized carbons (Fsp3) is 0.952. The van der Waals surface area contributed by atoms with Gasteiger partial charge >= 0.3 is 5.97 Å². The van der Waals surface area contributed by atoms with Gasteiger partial charge in [-0.05, 0) is 51.4 Å². The van der Waals surface area contributed by atoms with Crippen LogP contribution in [0.25, 0.3) is 0 Å². The molecule has 0 aliphatic rings. The first-order chi connectivity index (χ1) is 44.5. The minimum absolute atomic E-state index is 0.0159. The van der Waals surface area contributed by atoms with Crippen molar-refractivity contribution in [3.05, 3.63) is 12.2 Å². The summed E-state index contributed by atoms with van der Waals surface area (Å²) in [5.74, 6) is -0.00698. The molecule has 0 rings (SSSR count). The zero-order valence-electron chi connectivity index (χ0n) is 61.7. The van der Waals surface area contributed by atoms with Crippen LogP contribution in [0.2, 0.25) is 0 Å². The quantitative estimate of drug-likeness (QED) is 0.0320. The van der Waals surface area contributed by atoms with Crippen molar-refractivity contribution in [1.29, 1.82) is 0 Å². The average molecular weight is 1270 g/mol. The van der Waals surface area contributed by atoms with Gasteiger partial charge in [-0.25, -0.2) is 0 Å². The lowest BCUT2D eigenvalue weighted by Gasteiger charge is -2.22. The summed E-state index contributed by atoms with van der Waals surface area (Å²) in [7, 11) is 0. The van der Waals surface area contributed by atoms with Gasteiger partial charge in [0, 0.05) is 12.8 Å². The standard InChI is InChI=1S/C84H165NO5/c1-3-5-7-9-11-13-15-17-18-19-20-40-43-46-49-53-56-60-64-68-72-76-82(87)81(80-86)85-83(88)77-73-69-65-61-57-54-50-47-44-41-38-36-34-32-30-28-26-24-22-21-23-25-27-29-31-33-35-37-39-42-45-48-51-55-59-63-67-71-75-79-90-84(89)78-74-70-66-62-58-52-16-14-12-10-8-6-4-2/h14,16,81-82,86-87H,3-13,15,17-80H2,1-2H3,(H,85,88)/b16-14-. The van der Waals surface area contributed by atoms with E-state index in [1.54, 1.807) is 0 Å². The van der Waals surface area contributed by atoms with Crippen LogP contribution in [0, 0.1) is 0 Å². The predicted octanol–water partition coefficient (Wildman–Crippen LogP) is 27.8. The monoisotopic (exact) mass is 1270 g/mol. The number of allylic oxidation sites excluding steroid dienone is 2. The SMILES string of the molecule is CCCCCC/C=C\CCCCCCCC(=O)OCCCCCCCCCCCCCCCCCCCCCCCCCCCCCCCCCCCCCCCCCC(=O)NC(CO)C(O)CCCCCCCCCCCCCCCCCCCCCCC. The number of ether oxygens (including phenoxy) is 1. The van der Waals surface area contributed by atoms with Crippen molar-refractivity contribution in [1.82, 2.24) is 5.32 Å². The molecule has 0 saturated carbocycles. The molecular formula is C84H165NO5. The Kier molecular flexibility index (Phi) is 78.8. The van der Waals surface area contributed by atoms with E-state index in [1.807, 2.05) is 0 Å². The van der Waals surface area contributed by atoms with Crippen LogP contribution in [0.15, 0.2) is 12.2 Å². The highest BCUT2D eigenvalue weighted by atomic mass is 16.5. The molecule has 6 nitrogen and oxygen atoms in total. The van der Waals surface area contributed by atoms with Gasteiger partial charge in [0.25, 0.3) is 0 Å². The minimum atomic E-state index is -0.660. The Morgan fingerprint density at radius 2 is 0.522 bits per heavy atom. The van der Waals surface area contributed by atoms with Gasteiger partial charge in [-0.15, -0.1) is 0 Å². The Labute approximate surface area is 565 Å². The molecule has 0 aromatic rings. The van der Waals surface area contributed by atoms with Gasteiger partial charge in [-0.2, -0.15) is 0 Å². The smallest absolute Gasteiger partial charge is 0.305 e. The maximum absolute atomic E-state index is 12.6. The molecule has 3 N–H and O–H groups in total. The number of hydrogen-bond acceptors (Lipinski definition) is 5. The van der Waals surface area contributed by atoms with Crippen LogP contribution < -0.4 is 5.32 Å². The zero-order valence-corrected chi connectivity index (χ0v) is 61.7. The molecule has 6 heteroatoms. The second-order valence-corrected chi connectivity index (χ2v) is 29.2. The molecule has 0 aliphatic heterocycles. The number of unbranched alkanes of at least 4 members (excludes halogenated alkanes) is 67. The van der Waals surface area contributed by atoms with Crippen LogP contribution in [-0.2, 0) is 14.3 Å². The largest absolute Gasteiger partial charge is 0.466 e. The van der Waals surface area contributed by atoms with E-state index < -0.39 is 12.1 Å². The Balaban J connectivity index is 3.29. The number of amides is 1. The molecule has 0 bridgehead atoms. The van der Waals surface area contributed by atoms with Crippen LogP contribution >= 0.6 is 0 Å². The third-order valence-electron chi connectivity index (χ3n) is 20.1. The van der Waals surface area contributed by atoms with Gasteiger partial charge in [0.1, 0.15) is 0 Å². The summed E-state index contributed by atoms with van der Waals surface area (Å²) >= 11 is 0. The Bertz CT molecular complexity index is 1370. The van der Waals surface area contributed by atoms with Crippen molar-refractivity contribution >= 4 is 11.9 Å². The van der Waals surface area contributed by atoms with Gasteiger partial charge in [0.2, 0.25) is 5.91 Å². The lowest BCUT2D eigenvalue weighted by atomic mass is 10.0. The summed E-state index contributed by atoms with van der Waals surface area (Å²) in [5, 5.41) is 23.5. The summed E-state index contributed by atoms with van der Waals surface area (Å²) in [5.41, 5.74) is 0. The topological polar surface area (TPSA) is 95.9 Å². The molecule has 0 spiro atoms. The molecule has 2 atom stereocenters. The van der Waals surface area contributed by atoms with Gasteiger partial charge in [-0.1, -0.05) is 437 Å². The van der Waals surface area contributed by atoms with Crippen molar-refractivity contribution in [2.24, 2.45) is 0 Å². The first kappa shape index (κ1) is 88.6. The van der Waals surface area contributed by atoms with Crippen molar-refractivity contribution < 1.29 is 24.5 Å². The second-order valence-electron chi connectivity index (χ2n) is 29.2. The van der Waals surface area contributed by atoms with E-state index >= 15 is 0 Å². The number of aliphatic hydroxyl groups excluding tert-OH is 2. The van der Waals surface area contributed by atoms with E-state index in [0.717, 1.165) is 44.9 Å². The summed E-state index contributed by atoms with van der Waals surface area (Å²) in [6.07, 6.45) is 102. The highest BCUT2D eigenvalue weighted by molar-refractivity contribution is 5.76. The highest BCUT2D eigenvalue weighted by Crippen LogP contribution is 2.21. The minimum Gasteiger partial charge on any atom is -0.466 e. The second kappa shape index (κ2) is 80.0. The van der Waals surface area contributed by atoms with Gasteiger partial charge in [-0.3, -0.25) is 9.59 Å². The van der Waals surface area contributed by atoms with Crippen molar-refractivity contribution in [2.45, 2.75) is 501 Å². The molecule has 90 heavy (non-hydrogen) atoms. The molecule has 0 fully saturated rings. The maximum atomic E-state index is 12.6. The Morgan fingerprint density at radius 1 is 0.300 bits per heavy atom. The van der Waals surface area contributed by atoms with Crippen molar-refractivity contribution in [3.63, 3.8) is 0 Å². The van der Waals surface area contributed by atoms with Crippen LogP contribution in [0.1, 0.15) is 489 Å². The molecule has 2 unspecified atom stereocenters. The molecule has 0 aliphatic carbocycles. The summed E-state index contributed by atoms with van der Waals surface area (Å²) in [4.78, 5) is 24.6. The van der Waals surface area contributed by atoms with Crippen LogP contribution in [0.3, 0.4) is 0 Å². The van der Waals surface area contributed by atoms with Gasteiger partial charge < -0.3 is 20.3 Å². The fourth-order valence-corrected chi connectivity index (χ4v) is 13.7. The zero-order chi connectivity index (χ0) is 64.9. The first-order valence-electron chi connectivity index (χ1n) is 41.9. The van der Waals surface area contributed by atoms with E-state index in [-0.39, 0.29) is 18.5 Å².